The van der Waals surface area contributed by atoms with E-state index in [1.54, 1.807) is 0 Å². The number of hydrogen-bond donors (Lipinski definition) is 3. The van der Waals surface area contributed by atoms with Crippen molar-refractivity contribution < 1.29 is 4.79 Å². The van der Waals surface area contributed by atoms with Crippen molar-refractivity contribution >= 4 is 16.9 Å². The first kappa shape index (κ1) is 17.1. The Bertz CT molecular complexity index is 836. The van der Waals surface area contributed by atoms with Crippen LogP contribution in [0.1, 0.15) is 25.0 Å². The van der Waals surface area contributed by atoms with E-state index in [1.165, 1.54) is 16.5 Å². The fourth-order valence-electron chi connectivity index (χ4n) is 3.00. The number of urea groups is 1. The van der Waals surface area contributed by atoms with Crippen molar-refractivity contribution in [1.82, 2.24) is 15.6 Å². The molecule has 0 bridgehead atoms. The molecule has 3 rings (SSSR count). The lowest BCUT2D eigenvalue weighted by molar-refractivity contribution is 0.238. The Morgan fingerprint density at radius 2 is 1.72 bits per heavy atom. The Kier molecular flexibility index (Phi) is 5.08. The molecule has 0 atom stereocenters. The lowest BCUT2D eigenvalue weighted by Crippen LogP contribution is -2.42. The van der Waals surface area contributed by atoms with Gasteiger partial charge in [0.15, 0.2) is 0 Å². The molecule has 0 aliphatic carbocycles. The quantitative estimate of drug-likeness (QED) is 0.627. The summed E-state index contributed by atoms with van der Waals surface area (Å²) in [5.41, 5.74) is 3.47. The summed E-state index contributed by atoms with van der Waals surface area (Å²) in [7, 11) is 0. The monoisotopic (exact) mass is 335 g/mol. The van der Waals surface area contributed by atoms with E-state index in [9.17, 15) is 4.79 Å². The molecule has 0 aliphatic heterocycles. The van der Waals surface area contributed by atoms with Gasteiger partial charge in [-0.15, -0.1) is 0 Å². The first-order valence-electron chi connectivity index (χ1n) is 8.68. The predicted molar refractivity (Wildman–Crippen MR) is 103 cm³/mol. The second-order valence-corrected chi connectivity index (χ2v) is 6.97. The number of benzene rings is 2. The highest BCUT2D eigenvalue weighted by atomic mass is 16.2. The number of amides is 2. The van der Waals surface area contributed by atoms with Crippen LogP contribution in [0.15, 0.2) is 60.8 Å². The first-order valence-corrected chi connectivity index (χ1v) is 8.68. The van der Waals surface area contributed by atoms with Crippen LogP contribution in [0.2, 0.25) is 0 Å². The molecule has 4 heteroatoms. The van der Waals surface area contributed by atoms with Crippen LogP contribution in [0.5, 0.6) is 0 Å². The summed E-state index contributed by atoms with van der Waals surface area (Å²) >= 11 is 0. The van der Waals surface area contributed by atoms with Crippen molar-refractivity contribution in [2.24, 2.45) is 0 Å². The van der Waals surface area contributed by atoms with Crippen molar-refractivity contribution in [2.45, 2.75) is 25.7 Å². The van der Waals surface area contributed by atoms with Crippen LogP contribution in [-0.2, 0) is 11.8 Å². The molecule has 1 heterocycles. The number of hydrogen-bond acceptors (Lipinski definition) is 1. The van der Waals surface area contributed by atoms with E-state index in [4.69, 9.17) is 0 Å². The Morgan fingerprint density at radius 1 is 1.00 bits per heavy atom. The minimum absolute atomic E-state index is 0.102. The highest BCUT2D eigenvalue weighted by Gasteiger charge is 2.20. The smallest absolute Gasteiger partial charge is 0.314 e. The average Bonchev–Trinajstić information content (AvgIpc) is 3.04. The Morgan fingerprint density at radius 3 is 2.52 bits per heavy atom. The minimum atomic E-state index is -0.121. The molecule has 4 nitrogen and oxygen atoms in total. The van der Waals surface area contributed by atoms with Gasteiger partial charge in [-0.1, -0.05) is 62.4 Å². The van der Waals surface area contributed by atoms with Gasteiger partial charge in [0.05, 0.1) is 0 Å². The number of rotatable bonds is 6. The fourth-order valence-corrected chi connectivity index (χ4v) is 3.00. The number of nitrogens with one attached hydrogen (secondary N) is 3. The molecule has 1 aromatic heterocycles. The second-order valence-electron chi connectivity index (χ2n) is 6.97. The SMILES string of the molecule is CC(C)(CNC(=O)NCCc1c[nH]c2ccccc12)c1ccccc1. The van der Waals surface area contributed by atoms with Gasteiger partial charge >= 0.3 is 6.03 Å². The third kappa shape index (κ3) is 4.21. The molecular formula is C21H25N3O. The van der Waals surface area contributed by atoms with E-state index in [0.717, 1.165) is 11.9 Å². The van der Waals surface area contributed by atoms with Crippen LogP contribution in [0.3, 0.4) is 0 Å². The Balaban J connectivity index is 1.47. The summed E-state index contributed by atoms with van der Waals surface area (Å²) in [6, 6.07) is 18.3. The molecule has 0 aliphatic rings. The fraction of sp³-hybridized carbons (Fsp3) is 0.286. The molecule has 3 N–H and O–H groups in total. The van der Waals surface area contributed by atoms with Gasteiger partial charge in [0.2, 0.25) is 0 Å². The van der Waals surface area contributed by atoms with Crippen molar-refractivity contribution in [3.05, 3.63) is 71.9 Å². The molecule has 0 radical (unpaired) electrons. The van der Waals surface area contributed by atoms with E-state index in [1.807, 2.05) is 36.5 Å². The topological polar surface area (TPSA) is 56.9 Å². The van der Waals surface area contributed by atoms with Gasteiger partial charge in [0.25, 0.3) is 0 Å². The third-order valence-corrected chi connectivity index (χ3v) is 4.60. The number of H-pyrrole nitrogens is 1. The Hall–Kier alpha value is -2.75. The number of fused-ring (bicyclic) bond motifs is 1. The van der Waals surface area contributed by atoms with Gasteiger partial charge in [-0.3, -0.25) is 0 Å². The summed E-state index contributed by atoms with van der Waals surface area (Å²) in [6.45, 7) is 5.47. The molecule has 130 valence electrons. The second kappa shape index (κ2) is 7.43. The van der Waals surface area contributed by atoms with Gasteiger partial charge in [0, 0.05) is 35.6 Å². The first-order chi connectivity index (χ1) is 12.1. The van der Waals surface area contributed by atoms with Gasteiger partial charge < -0.3 is 15.6 Å². The van der Waals surface area contributed by atoms with E-state index in [-0.39, 0.29) is 11.4 Å². The standard InChI is InChI=1S/C21H25N3O/c1-21(2,17-8-4-3-5-9-17)15-24-20(25)22-13-12-16-14-23-19-11-7-6-10-18(16)19/h3-11,14,23H,12-13,15H2,1-2H3,(H2,22,24,25). The molecule has 0 saturated carbocycles. The summed E-state index contributed by atoms with van der Waals surface area (Å²) in [6.07, 6.45) is 2.82. The highest BCUT2D eigenvalue weighted by Crippen LogP contribution is 2.21. The molecule has 0 saturated heterocycles. The summed E-state index contributed by atoms with van der Waals surface area (Å²) < 4.78 is 0. The molecule has 2 aromatic carbocycles. The lowest BCUT2D eigenvalue weighted by atomic mass is 9.85. The van der Waals surface area contributed by atoms with Gasteiger partial charge in [0.1, 0.15) is 0 Å². The van der Waals surface area contributed by atoms with Crippen molar-refractivity contribution in [1.29, 1.82) is 0 Å². The largest absolute Gasteiger partial charge is 0.361 e. The lowest BCUT2D eigenvalue weighted by Gasteiger charge is -2.25. The normalized spacial score (nSPS) is 11.4. The molecular weight excluding hydrogens is 310 g/mol. The summed E-state index contributed by atoms with van der Waals surface area (Å²) in [5, 5.41) is 7.14. The molecule has 25 heavy (non-hydrogen) atoms. The maximum Gasteiger partial charge on any atom is 0.314 e. The van der Waals surface area contributed by atoms with Crippen molar-refractivity contribution in [3.8, 4) is 0 Å². The number of aromatic nitrogens is 1. The van der Waals surface area contributed by atoms with Crippen molar-refractivity contribution in [3.63, 3.8) is 0 Å². The number of carbonyl (C=O) groups is 1. The van der Waals surface area contributed by atoms with Gasteiger partial charge in [-0.25, -0.2) is 4.79 Å². The summed E-state index contributed by atoms with van der Waals surface area (Å²) in [4.78, 5) is 15.3. The average molecular weight is 335 g/mol. The van der Waals surface area contributed by atoms with Crippen molar-refractivity contribution in [2.75, 3.05) is 13.1 Å². The molecule has 0 spiro atoms. The van der Waals surface area contributed by atoms with Crippen LogP contribution in [0.4, 0.5) is 4.79 Å². The predicted octanol–water partition coefficient (Wildman–Crippen LogP) is 3.99. The molecule has 2 amide bonds. The zero-order chi connectivity index (χ0) is 17.7. The van der Waals surface area contributed by atoms with E-state index >= 15 is 0 Å². The van der Waals surface area contributed by atoms with Gasteiger partial charge in [-0.05, 0) is 23.6 Å². The van der Waals surface area contributed by atoms with Crippen LogP contribution in [-0.4, -0.2) is 24.1 Å². The number of aromatic amines is 1. The van der Waals surface area contributed by atoms with Crippen LogP contribution >= 0.6 is 0 Å². The zero-order valence-corrected chi connectivity index (χ0v) is 14.8. The maximum absolute atomic E-state index is 12.1. The van der Waals surface area contributed by atoms with E-state index in [2.05, 4.69) is 53.7 Å². The van der Waals surface area contributed by atoms with Crippen LogP contribution < -0.4 is 10.6 Å². The van der Waals surface area contributed by atoms with Crippen LogP contribution in [0, 0.1) is 0 Å². The Labute approximate surface area is 148 Å². The zero-order valence-electron chi connectivity index (χ0n) is 14.8. The highest BCUT2D eigenvalue weighted by molar-refractivity contribution is 5.83. The van der Waals surface area contributed by atoms with Gasteiger partial charge in [-0.2, -0.15) is 0 Å². The van der Waals surface area contributed by atoms with E-state index in [0.29, 0.717) is 13.1 Å². The van der Waals surface area contributed by atoms with Crippen LogP contribution in [0.25, 0.3) is 10.9 Å². The maximum atomic E-state index is 12.1. The number of carbonyl (C=O) groups excluding carboxylic acids is 1. The number of para-hydroxylation sites is 1. The molecule has 3 aromatic rings. The minimum Gasteiger partial charge on any atom is -0.361 e. The van der Waals surface area contributed by atoms with E-state index < -0.39 is 0 Å². The molecule has 0 unspecified atom stereocenters. The summed E-state index contributed by atoms with van der Waals surface area (Å²) in [5.74, 6) is 0. The molecule has 0 fully saturated rings. The third-order valence-electron chi connectivity index (χ3n) is 4.60.